The van der Waals surface area contributed by atoms with Crippen molar-refractivity contribution in [1.29, 1.82) is 0 Å². The summed E-state index contributed by atoms with van der Waals surface area (Å²) >= 11 is 0. The van der Waals surface area contributed by atoms with E-state index in [-0.39, 0.29) is 6.03 Å². The number of rotatable bonds is 0. The Balaban J connectivity index is 2.59. The molecule has 2 amide bonds. The Labute approximate surface area is 82.2 Å². The number of carbonyl (C=O) groups excluding carboxylic acids is 1. The van der Waals surface area contributed by atoms with Crippen molar-refractivity contribution >= 4 is 11.7 Å². The van der Waals surface area contributed by atoms with E-state index in [1.165, 1.54) is 4.90 Å². The summed E-state index contributed by atoms with van der Waals surface area (Å²) in [5.41, 5.74) is 0.140. The van der Waals surface area contributed by atoms with Gasteiger partial charge in [-0.3, -0.25) is 4.90 Å². The van der Waals surface area contributed by atoms with E-state index in [0.717, 1.165) is 0 Å². The van der Waals surface area contributed by atoms with Crippen molar-refractivity contribution in [2.75, 3.05) is 12.4 Å². The Kier molecular flexibility index (Phi) is 1.75. The first-order chi connectivity index (χ1) is 6.53. The highest BCUT2D eigenvalue weighted by atomic mass is 16.3. The highest BCUT2D eigenvalue weighted by Gasteiger charge is 2.38. The predicted octanol–water partition coefficient (Wildman–Crippen LogP) is 1.33. The Bertz CT molecular complexity index is 387. The van der Waals surface area contributed by atoms with Gasteiger partial charge in [-0.1, -0.05) is 18.2 Å². The van der Waals surface area contributed by atoms with Crippen molar-refractivity contribution in [2.45, 2.75) is 12.6 Å². The number of nitrogens with zero attached hydrogens (tertiary/aromatic N) is 1. The van der Waals surface area contributed by atoms with E-state index in [0.29, 0.717) is 11.3 Å². The normalized spacial score (nSPS) is 25.6. The standard InChI is InChI=1S/C10H12N2O2/c1-10(14)7-5-3-4-6-8(7)11-9(13)12(10)2/h3-6,14H,1-2H3,(H,11,13). The third-order valence-corrected chi connectivity index (χ3v) is 2.64. The largest absolute Gasteiger partial charge is 0.367 e. The molecule has 1 aromatic rings. The Morgan fingerprint density at radius 2 is 2.07 bits per heavy atom. The second-order valence-corrected chi connectivity index (χ2v) is 3.56. The zero-order valence-corrected chi connectivity index (χ0v) is 8.11. The number of para-hydroxylation sites is 1. The molecule has 2 N–H and O–H groups in total. The van der Waals surface area contributed by atoms with Gasteiger partial charge in [0.2, 0.25) is 0 Å². The number of benzene rings is 1. The van der Waals surface area contributed by atoms with E-state index in [9.17, 15) is 9.90 Å². The van der Waals surface area contributed by atoms with Gasteiger partial charge >= 0.3 is 6.03 Å². The summed E-state index contributed by atoms with van der Waals surface area (Å²) in [6.07, 6.45) is 0. The molecule has 1 aromatic carbocycles. The fourth-order valence-electron chi connectivity index (χ4n) is 1.58. The average Bonchev–Trinajstić information content (AvgIpc) is 2.15. The third kappa shape index (κ3) is 1.08. The van der Waals surface area contributed by atoms with Crippen LogP contribution in [0.2, 0.25) is 0 Å². The third-order valence-electron chi connectivity index (χ3n) is 2.64. The van der Waals surface area contributed by atoms with Crippen molar-refractivity contribution in [3.63, 3.8) is 0 Å². The van der Waals surface area contributed by atoms with Gasteiger partial charge in [0.1, 0.15) is 0 Å². The first-order valence-corrected chi connectivity index (χ1v) is 4.40. The van der Waals surface area contributed by atoms with Crippen LogP contribution in [0.5, 0.6) is 0 Å². The topological polar surface area (TPSA) is 52.6 Å². The summed E-state index contributed by atoms with van der Waals surface area (Å²) in [7, 11) is 1.56. The lowest BCUT2D eigenvalue weighted by Crippen LogP contribution is -2.50. The molecule has 1 heterocycles. The van der Waals surface area contributed by atoms with E-state index in [4.69, 9.17) is 0 Å². The molecule has 4 heteroatoms. The van der Waals surface area contributed by atoms with Crippen LogP contribution in [0.15, 0.2) is 24.3 Å². The summed E-state index contributed by atoms with van der Waals surface area (Å²) in [6, 6.07) is 6.92. The van der Waals surface area contributed by atoms with Gasteiger partial charge in [0, 0.05) is 12.6 Å². The number of fused-ring (bicyclic) bond motifs is 1. The number of amides is 2. The molecule has 4 nitrogen and oxygen atoms in total. The summed E-state index contributed by atoms with van der Waals surface area (Å²) in [5.74, 6) is 0. The van der Waals surface area contributed by atoms with Gasteiger partial charge in [0.15, 0.2) is 5.72 Å². The lowest BCUT2D eigenvalue weighted by Gasteiger charge is -2.39. The molecule has 0 fully saturated rings. The van der Waals surface area contributed by atoms with Crippen molar-refractivity contribution in [2.24, 2.45) is 0 Å². The molecule has 14 heavy (non-hydrogen) atoms. The molecule has 0 bridgehead atoms. The van der Waals surface area contributed by atoms with Gasteiger partial charge < -0.3 is 10.4 Å². The van der Waals surface area contributed by atoms with Crippen LogP contribution < -0.4 is 5.32 Å². The lowest BCUT2D eigenvalue weighted by molar-refractivity contribution is -0.0590. The van der Waals surface area contributed by atoms with Crippen LogP contribution in [-0.4, -0.2) is 23.1 Å². The van der Waals surface area contributed by atoms with Crippen LogP contribution in [-0.2, 0) is 5.72 Å². The Hall–Kier alpha value is -1.55. The fraction of sp³-hybridized carbons (Fsp3) is 0.300. The lowest BCUT2D eigenvalue weighted by atomic mass is 9.99. The second-order valence-electron chi connectivity index (χ2n) is 3.56. The van der Waals surface area contributed by atoms with Crippen LogP contribution in [0.1, 0.15) is 12.5 Å². The monoisotopic (exact) mass is 192 g/mol. The van der Waals surface area contributed by atoms with Crippen molar-refractivity contribution < 1.29 is 9.90 Å². The molecular formula is C10H12N2O2. The average molecular weight is 192 g/mol. The molecule has 74 valence electrons. The number of nitrogens with one attached hydrogen (secondary N) is 1. The molecule has 0 aromatic heterocycles. The highest BCUT2D eigenvalue weighted by molar-refractivity contribution is 5.93. The minimum absolute atomic E-state index is 0.297. The van der Waals surface area contributed by atoms with Crippen LogP contribution in [0.3, 0.4) is 0 Å². The van der Waals surface area contributed by atoms with Crippen LogP contribution in [0, 0.1) is 0 Å². The number of carbonyl (C=O) groups is 1. The van der Waals surface area contributed by atoms with Gasteiger partial charge in [0.25, 0.3) is 0 Å². The molecule has 0 aliphatic carbocycles. The number of anilines is 1. The summed E-state index contributed by atoms with van der Waals surface area (Å²) in [6.45, 7) is 1.60. The van der Waals surface area contributed by atoms with Gasteiger partial charge in [-0.05, 0) is 13.0 Å². The number of aliphatic hydroxyl groups is 1. The van der Waals surface area contributed by atoms with Gasteiger partial charge in [-0.25, -0.2) is 4.79 Å². The van der Waals surface area contributed by atoms with Crippen molar-refractivity contribution in [3.05, 3.63) is 29.8 Å². The fourth-order valence-corrected chi connectivity index (χ4v) is 1.58. The molecule has 0 saturated heterocycles. The summed E-state index contributed by atoms with van der Waals surface area (Å²) < 4.78 is 0. The number of hydrogen-bond donors (Lipinski definition) is 2. The molecule has 1 aliphatic rings. The number of hydrogen-bond acceptors (Lipinski definition) is 2. The Morgan fingerprint density at radius 1 is 1.43 bits per heavy atom. The van der Waals surface area contributed by atoms with E-state index >= 15 is 0 Å². The van der Waals surface area contributed by atoms with E-state index in [1.54, 1.807) is 26.1 Å². The molecule has 1 aliphatic heterocycles. The first-order valence-electron chi connectivity index (χ1n) is 4.40. The van der Waals surface area contributed by atoms with E-state index < -0.39 is 5.72 Å². The second kappa shape index (κ2) is 2.72. The van der Waals surface area contributed by atoms with Crippen LogP contribution in [0.4, 0.5) is 10.5 Å². The van der Waals surface area contributed by atoms with Crippen LogP contribution in [0.25, 0.3) is 0 Å². The summed E-state index contributed by atoms with van der Waals surface area (Å²) in [5, 5.41) is 12.8. The molecule has 1 atom stereocenters. The van der Waals surface area contributed by atoms with Gasteiger partial charge in [-0.2, -0.15) is 0 Å². The highest BCUT2D eigenvalue weighted by Crippen LogP contribution is 2.34. The minimum atomic E-state index is -1.24. The van der Waals surface area contributed by atoms with E-state index in [1.807, 2.05) is 12.1 Å². The van der Waals surface area contributed by atoms with E-state index in [2.05, 4.69) is 5.32 Å². The quantitative estimate of drug-likeness (QED) is 0.651. The van der Waals surface area contributed by atoms with Crippen LogP contribution >= 0.6 is 0 Å². The zero-order valence-electron chi connectivity index (χ0n) is 8.11. The molecule has 0 radical (unpaired) electrons. The molecule has 0 spiro atoms. The minimum Gasteiger partial charge on any atom is -0.367 e. The summed E-state index contributed by atoms with van der Waals surface area (Å²) in [4.78, 5) is 12.7. The van der Waals surface area contributed by atoms with Gasteiger partial charge in [-0.15, -0.1) is 0 Å². The smallest absolute Gasteiger partial charge is 0.324 e. The molecule has 2 rings (SSSR count). The first kappa shape index (κ1) is 9.02. The van der Waals surface area contributed by atoms with Crippen molar-refractivity contribution in [1.82, 2.24) is 4.90 Å². The number of urea groups is 1. The maximum absolute atomic E-state index is 11.4. The molecular weight excluding hydrogens is 180 g/mol. The molecule has 1 unspecified atom stereocenters. The maximum Gasteiger partial charge on any atom is 0.324 e. The van der Waals surface area contributed by atoms with Crippen molar-refractivity contribution in [3.8, 4) is 0 Å². The SMILES string of the molecule is CN1C(=O)Nc2ccccc2C1(C)O. The van der Waals surface area contributed by atoms with Gasteiger partial charge in [0.05, 0.1) is 5.69 Å². The predicted molar refractivity (Wildman–Crippen MR) is 52.8 cm³/mol. The Morgan fingerprint density at radius 3 is 2.79 bits per heavy atom. The molecule has 0 saturated carbocycles. The zero-order chi connectivity index (χ0) is 10.3. The maximum atomic E-state index is 11.4.